The van der Waals surface area contributed by atoms with Gasteiger partial charge in [0.05, 0.1) is 12.1 Å². The van der Waals surface area contributed by atoms with E-state index in [1.165, 1.54) is 6.42 Å². The molecule has 2 atom stereocenters. The van der Waals surface area contributed by atoms with Gasteiger partial charge < -0.3 is 10.6 Å². The molecule has 17 heavy (non-hydrogen) atoms. The molecule has 0 spiro atoms. The first-order chi connectivity index (χ1) is 8.27. The summed E-state index contributed by atoms with van der Waals surface area (Å²) in [5, 5.41) is 6.27. The Labute approximate surface area is 102 Å². The fraction of sp³-hybridized carbons (Fsp3) is 0.538. The van der Waals surface area contributed by atoms with Crippen molar-refractivity contribution in [2.75, 3.05) is 6.54 Å². The van der Waals surface area contributed by atoms with E-state index in [0.717, 1.165) is 24.9 Å². The summed E-state index contributed by atoms with van der Waals surface area (Å²) in [6.45, 7) is 2.93. The fourth-order valence-corrected chi connectivity index (χ4v) is 2.11. The van der Waals surface area contributed by atoms with E-state index in [4.69, 9.17) is 0 Å². The molecule has 0 aliphatic carbocycles. The predicted molar refractivity (Wildman–Crippen MR) is 66.4 cm³/mol. The summed E-state index contributed by atoms with van der Waals surface area (Å²) in [4.78, 5) is 16.0. The molecule has 1 aliphatic rings. The van der Waals surface area contributed by atoms with Crippen molar-refractivity contribution in [3.8, 4) is 0 Å². The van der Waals surface area contributed by atoms with E-state index in [1.54, 1.807) is 12.4 Å². The quantitative estimate of drug-likeness (QED) is 0.829. The van der Waals surface area contributed by atoms with Crippen LogP contribution in [0.5, 0.6) is 0 Å². The van der Waals surface area contributed by atoms with E-state index < -0.39 is 0 Å². The molecule has 2 N–H and O–H groups in total. The number of nitrogens with zero attached hydrogens (tertiary/aromatic N) is 1. The summed E-state index contributed by atoms with van der Waals surface area (Å²) >= 11 is 0. The summed E-state index contributed by atoms with van der Waals surface area (Å²) in [6, 6.07) is 3.85. The van der Waals surface area contributed by atoms with E-state index >= 15 is 0 Å². The molecule has 0 radical (unpaired) electrons. The molecular formula is C13H19N3O. The van der Waals surface area contributed by atoms with Gasteiger partial charge in [-0.1, -0.05) is 12.5 Å². The van der Waals surface area contributed by atoms with Gasteiger partial charge in [0, 0.05) is 12.4 Å². The largest absolute Gasteiger partial charge is 0.348 e. The van der Waals surface area contributed by atoms with Gasteiger partial charge in [0.2, 0.25) is 5.91 Å². The first-order valence-electron chi connectivity index (χ1n) is 6.21. The topological polar surface area (TPSA) is 54.0 Å². The highest BCUT2D eigenvalue weighted by molar-refractivity contribution is 5.82. The lowest BCUT2D eigenvalue weighted by Crippen LogP contribution is -2.47. The number of piperidine rings is 1. The SMILES string of the molecule is C[C@H](NC(=O)[C@H]1CCCCN1)c1cccnc1. The van der Waals surface area contributed by atoms with Crippen molar-refractivity contribution in [1.29, 1.82) is 0 Å². The van der Waals surface area contributed by atoms with Gasteiger partial charge in [-0.05, 0) is 37.9 Å². The lowest BCUT2D eigenvalue weighted by molar-refractivity contribution is -0.124. The smallest absolute Gasteiger partial charge is 0.237 e. The molecule has 1 saturated heterocycles. The summed E-state index contributed by atoms with van der Waals surface area (Å²) in [5.74, 6) is 0.0982. The zero-order chi connectivity index (χ0) is 12.1. The van der Waals surface area contributed by atoms with Gasteiger partial charge in [0.1, 0.15) is 0 Å². The molecule has 1 fully saturated rings. The number of carbonyl (C=O) groups is 1. The minimum Gasteiger partial charge on any atom is -0.348 e. The van der Waals surface area contributed by atoms with Gasteiger partial charge in [-0.3, -0.25) is 9.78 Å². The average molecular weight is 233 g/mol. The molecule has 92 valence electrons. The second-order valence-electron chi connectivity index (χ2n) is 4.52. The molecule has 1 amide bonds. The predicted octanol–water partition coefficient (Wildman–Crippen LogP) is 1.40. The highest BCUT2D eigenvalue weighted by Gasteiger charge is 2.21. The zero-order valence-corrected chi connectivity index (χ0v) is 10.1. The fourth-order valence-electron chi connectivity index (χ4n) is 2.11. The van der Waals surface area contributed by atoms with Crippen LogP contribution in [0.25, 0.3) is 0 Å². The third-order valence-corrected chi connectivity index (χ3v) is 3.17. The third kappa shape index (κ3) is 3.27. The van der Waals surface area contributed by atoms with Crippen molar-refractivity contribution in [2.24, 2.45) is 0 Å². The first kappa shape index (κ1) is 12.0. The van der Waals surface area contributed by atoms with Gasteiger partial charge in [-0.2, -0.15) is 0 Å². The Kier molecular flexibility index (Phi) is 4.09. The number of hydrogen-bond acceptors (Lipinski definition) is 3. The second-order valence-corrected chi connectivity index (χ2v) is 4.52. The maximum absolute atomic E-state index is 12.0. The van der Waals surface area contributed by atoms with Crippen molar-refractivity contribution < 1.29 is 4.79 Å². The Bertz CT molecular complexity index is 360. The van der Waals surface area contributed by atoms with E-state index in [-0.39, 0.29) is 18.0 Å². The van der Waals surface area contributed by atoms with Crippen molar-refractivity contribution in [2.45, 2.75) is 38.3 Å². The standard InChI is InChI=1S/C13H19N3O/c1-10(11-5-4-7-14-9-11)16-13(17)12-6-2-3-8-15-12/h4-5,7,9-10,12,15H,2-3,6,8H2,1H3,(H,16,17)/t10-,12+/m0/s1. The number of carbonyl (C=O) groups excluding carboxylic acids is 1. The molecule has 4 heteroatoms. The van der Waals surface area contributed by atoms with E-state index in [1.807, 2.05) is 19.1 Å². The van der Waals surface area contributed by atoms with Crippen LogP contribution in [-0.4, -0.2) is 23.5 Å². The molecule has 0 saturated carbocycles. The van der Waals surface area contributed by atoms with E-state index in [2.05, 4.69) is 15.6 Å². The van der Waals surface area contributed by atoms with Crippen molar-refractivity contribution in [3.63, 3.8) is 0 Å². The van der Waals surface area contributed by atoms with Gasteiger partial charge in [-0.15, -0.1) is 0 Å². The van der Waals surface area contributed by atoms with Crippen LogP contribution in [0.4, 0.5) is 0 Å². The normalized spacial score (nSPS) is 21.8. The molecule has 0 aromatic carbocycles. The molecule has 1 aromatic rings. The third-order valence-electron chi connectivity index (χ3n) is 3.17. The molecule has 2 rings (SSSR count). The molecule has 1 aromatic heterocycles. The van der Waals surface area contributed by atoms with Crippen LogP contribution < -0.4 is 10.6 Å². The lowest BCUT2D eigenvalue weighted by Gasteiger charge is -2.24. The minimum absolute atomic E-state index is 0.0138. The van der Waals surface area contributed by atoms with Crippen LogP contribution in [0.2, 0.25) is 0 Å². The van der Waals surface area contributed by atoms with Gasteiger partial charge >= 0.3 is 0 Å². The number of nitrogens with one attached hydrogen (secondary N) is 2. The van der Waals surface area contributed by atoms with Crippen molar-refractivity contribution >= 4 is 5.91 Å². The second kappa shape index (κ2) is 5.77. The monoisotopic (exact) mass is 233 g/mol. The van der Waals surface area contributed by atoms with Crippen molar-refractivity contribution in [3.05, 3.63) is 30.1 Å². The Hall–Kier alpha value is -1.42. The molecule has 4 nitrogen and oxygen atoms in total. The Morgan fingerprint density at radius 1 is 1.59 bits per heavy atom. The first-order valence-corrected chi connectivity index (χ1v) is 6.21. The Balaban J connectivity index is 1.89. The molecule has 0 bridgehead atoms. The number of hydrogen-bond donors (Lipinski definition) is 2. The Morgan fingerprint density at radius 3 is 3.12 bits per heavy atom. The Morgan fingerprint density at radius 2 is 2.47 bits per heavy atom. The maximum atomic E-state index is 12.0. The van der Waals surface area contributed by atoms with Gasteiger partial charge in [0.15, 0.2) is 0 Å². The van der Waals surface area contributed by atoms with Crippen LogP contribution in [-0.2, 0) is 4.79 Å². The van der Waals surface area contributed by atoms with E-state index in [9.17, 15) is 4.79 Å². The van der Waals surface area contributed by atoms with Crippen LogP contribution in [0, 0.1) is 0 Å². The summed E-state index contributed by atoms with van der Waals surface area (Å²) in [6.07, 6.45) is 6.76. The molecule has 2 heterocycles. The highest BCUT2D eigenvalue weighted by atomic mass is 16.2. The average Bonchev–Trinajstić information content (AvgIpc) is 2.40. The molecule has 1 aliphatic heterocycles. The lowest BCUT2D eigenvalue weighted by atomic mass is 10.0. The van der Waals surface area contributed by atoms with Crippen LogP contribution in [0.15, 0.2) is 24.5 Å². The minimum atomic E-state index is -0.0251. The summed E-state index contributed by atoms with van der Waals surface area (Å²) in [5.41, 5.74) is 1.04. The number of rotatable bonds is 3. The van der Waals surface area contributed by atoms with Gasteiger partial charge in [0.25, 0.3) is 0 Å². The van der Waals surface area contributed by atoms with E-state index in [0.29, 0.717) is 0 Å². The highest BCUT2D eigenvalue weighted by Crippen LogP contribution is 2.12. The van der Waals surface area contributed by atoms with Crippen LogP contribution in [0.1, 0.15) is 37.8 Å². The summed E-state index contributed by atoms with van der Waals surface area (Å²) < 4.78 is 0. The van der Waals surface area contributed by atoms with Crippen molar-refractivity contribution in [1.82, 2.24) is 15.6 Å². The van der Waals surface area contributed by atoms with Gasteiger partial charge in [-0.25, -0.2) is 0 Å². The van der Waals surface area contributed by atoms with Crippen LogP contribution >= 0.6 is 0 Å². The number of aromatic nitrogens is 1. The maximum Gasteiger partial charge on any atom is 0.237 e. The molecular weight excluding hydrogens is 214 g/mol. The summed E-state index contributed by atoms with van der Waals surface area (Å²) in [7, 11) is 0. The number of pyridine rings is 1. The zero-order valence-electron chi connectivity index (χ0n) is 10.1. The molecule has 0 unspecified atom stereocenters. The van der Waals surface area contributed by atoms with Crippen LogP contribution in [0.3, 0.4) is 0 Å². The number of amides is 1.